The number of fused-ring (bicyclic) bond motifs is 6. The van der Waals surface area contributed by atoms with Gasteiger partial charge in [-0.1, -0.05) is 224 Å². The molecule has 352 valence electrons. The van der Waals surface area contributed by atoms with E-state index in [2.05, 4.69) is 243 Å². The highest BCUT2D eigenvalue weighted by molar-refractivity contribution is 5.89. The first-order valence-electron chi connectivity index (χ1n) is 26.9. The van der Waals surface area contributed by atoms with E-state index in [-0.39, 0.29) is 16.2 Å². The standard InChI is InChI=1S/C72H64/c1-8-71(9-2)64-15-13-12-14-59(64)60-37-32-53(43-65(60)71)54-33-38-62-61-36-31-52(42-66(61)72(10-3,11-4)67(62)44-54)49-22-20-47(21-23-49)45-16-18-46(19-17-45)48-24-26-50(27-25-48)58-35-30-51-28-29-55-40-57(70(5,6)7)41-56-34-39-63(58)69(51)68(55)56/h12-38,40-44,68H,8-11,39H2,1-7H3. The average Bonchev–Trinajstić information content (AvgIpc) is 3.87. The summed E-state index contributed by atoms with van der Waals surface area (Å²) in [5.41, 5.74) is 33.1. The minimum absolute atomic E-state index is 0.0366. The fourth-order valence-corrected chi connectivity index (χ4v) is 14.0. The topological polar surface area (TPSA) is 0 Å². The molecule has 0 spiro atoms. The lowest BCUT2D eigenvalue weighted by Gasteiger charge is -2.37. The van der Waals surface area contributed by atoms with Crippen molar-refractivity contribution in [2.45, 2.75) is 97.3 Å². The van der Waals surface area contributed by atoms with Crippen molar-refractivity contribution in [1.82, 2.24) is 0 Å². The van der Waals surface area contributed by atoms with Gasteiger partial charge in [0.25, 0.3) is 0 Å². The van der Waals surface area contributed by atoms with Crippen LogP contribution in [0.4, 0.5) is 0 Å². The predicted molar refractivity (Wildman–Crippen MR) is 306 cm³/mol. The fraction of sp³-hybridized carbons (Fsp3) is 0.222. The van der Waals surface area contributed by atoms with Crippen molar-refractivity contribution in [2.75, 3.05) is 0 Å². The molecule has 0 heteroatoms. The Labute approximate surface area is 428 Å². The molecule has 13 rings (SSSR count). The number of rotatable bonds is 9. The van der Waals surface area contributed by atoms with Crippen molar-refractivity contribution in [2.24, 2.45) is 5.41 Å². The summed E-state index contributed by atoms with van der Waals surface area (Å²) in [6.07, 6.45) is 17.4. The van der Waals surface area contributed by atoms with Crippen LogP contribution in [0.3, 0.4) is 0 Å². The molecule has 0 saturated heterocycles. The zero-order chi connectivity index (χ0) is 49.1. The largest absolute Gasteiger partial charge is 0.0759 e. The number of hydrogen-bond acceptors (Lipinski definition) is 0. The molecule has 0 fully saturated rings. The molecule has 0 aromatic heterocycles. The molecule has 5 aliphatic rings. The highest BCUT2D eigenvalue weighted by Crippen LogP contribution is 2.57. The molecule has 1 atom stereocenters. The highest BCUT2D eigenvalue weighted by atomic mass is 14.5. The molecule has 0 saturated carbocycles. The second-order valence-corrected chi connectivity index (χ2v) is 22.4. The van der Waals surface area contributed by atoms with Crippen molar-refractivity contribution in [3.05, 3.63) is 244 Å². The summed E-state index contributed by atoms with van der Waals surface area (Å²) in [7, 11) is 0. The van der Waals surface area contributed by atoms with E-state index in [4.69, 9.17) is 0 Å². The molecule has 8 aromatic rings. The molecule has 0 N–H and O–H groups in total. The monoisotopic (exact) mass is 929 g/mol. The van der Waals surface area contributed by atoms with Crippen LogP contribution in [0.5, 0.6) is 0 Å². The third-order valence-corrected chi connectivity index (χ3v) is 18.2. The van der Waals surface area contributed by atoms with Crippen LogP contribution in [-0.2, 0) is 17.3 Å². The zero-order valence-electron chi connectivity index (χ0n) is 43.1. The van der Waals surface area contributed by atoms with E-state index in [9.17, 15) is 0 Å². The summed E-state index contributed by atoms with van der Waals surface area (Å²) in [6, 6.07) is 63.3. The molecule has 1 unspecified atom stereocenters. The lowest BCUT2D eigenvalue weighted by atomic mass is 9.67. The van der Waals surface area contributed by atoms with Gasteiger partial charge in [-0.05, 0) is 189 Å². The Hall–Kier alpha value is -7.28. The van der Waals surface area contributed by atoms with Gasteiger partial charge in [0.05, 0.1) is 0 Å². The van der Waals surface area contributed by atoms with Gasteiger partial charge < -0.3 is 0 Å². The first-order chi connectivity index (χ1) is 35.0. The second-order valence-electron chi connectivity index (χ2n) is 22.4. The van der Waals surface area contributed by atoms with Crippen LogP contribution in [0.15, 0.2) is 205 Å². The number of benzene rings is 8. The van der Waals surface area contributed by atoms with Crippen molar-refractivity contribution >= 4 is 6.08 Å². The van der Waals surface area contributed by atoms with E-state index in [0.29, 0.717) is 5.92 Å². The summed E-state index contributed by atoms with van der Waals surface area (Å²) in [4.78, 5) is 0. The van der Waals surface area contributed by atoms with E-state index in [0.717, 1.165) is 32.1 Å². The first-order valence-corrected chi connectivity index (χ1v) is 26.9. The molecule has 0 radical (unpaired) electrons. The molecule has 72 heavy (non-hydrogen) atoms. The Morgan fingerprint density at radius 1 is 0.403 bits per heavy atom. The van der Waals surface area contributed by atoms with Crippen molar-refractivity contribution in [3.8, 4) is 77.9 Å². The Morgan fingerprint density at radius 3 is 1.32 bits per heavy atom. The third-order valence-electron chi connectivity index (χ3n) is 18.2. The second kappa shape index (κ2) is 16.6. The summed E-state index contributed by atoms with van der Waals surface area (Å²) in [5, 5.41) is 0. The maximum atomic E-state index is 2.54. The molecule has 0 aliphatic heterocycles. The normalized spacial score (nSPS) is 17.0. The summed E-state index contributed by atoms with van der Waals surface area (Å²) in [5.74, 6) is 0.340. The quantitative estimate of drug-likeness (QED) is 0.135. The SMILES string of the molecule is CCC1(CC)c2ccccc2-c2ccc(-c3ccc4c(c3)C(CC)(CC)c3cc(-c5ccc(-c6ccc(-c7ccc(-c8ccc9c%10c8CC=C8C=C(C(C)(C)C)C=C(C=C9)C8%10)cc7)cc6)cc5)ccc3-4)cc21. The van der Waals surface area contributed by atoms with Crippen LogP contribution >= 0.6 is 0 Å². The first kappa shape index (κ1) is 44.6. The molecule has 0 nitrogen and oxygen atoms in total. The Balaban J connectivity index is 0.738. The van der Waals surface area contributed by atoms with E-state index < -0.39 is 0 Å². The minimum atomic E-state index is -0.0366. The van der Waals surface area contributed by atoms with Crippen LogP contribution in [0.2, 0.25) is 0 Å². The van der Waals surface area contributed by atoms with Gasteiger partial charge in [0.2, 0.25) is 0 Å². The zero-order valence-corrected chi connectivity index (χ0v) is 43.1. The maximum Gasteiger partial charge on any atom is 0.0346 e. The lowest BCUT2D eigenvalue weighted by Crippen LogP contribution is -2.23. The lowest BCUT2D eigenvalue weighted by molar-refractivity contribution is 0.490. The molecule has 5 aliphatic carbocycles. The Bertz CT molecular complexity index is 3640. The molecule has 0 amide bonds. The summed E-state index contributed by atoms with van der Waals surface area (Å²) < 4.78 is 0. The highest BCUT2D eigenvalue weighted by Gasteiger charge is 2.43. The fourth-order valence-electron chi connectivity index (χ4n) is 14.0. The number of hydrogen-bond donors (Lipinski definition) is 0. The smallest absolute Gasteiger partial charge is 0.0346 e. The van der Waals surface area contributed by atoms with Gasteiger partial charge in [0.15, 0.2) is 0 Å². The minimum Gasteiger partial charge on any atom is -0.0759 e. The van der Waals surface area contributed by atoms with E-state index in [1.807, 2.05) is 0 Å². The van der Waals surface area contributed by atoms with Crippen LogP contribution < -0.4 is 0 Å². The molecular formula is C72H64. The maximum absolute atomic E-state index is 2.54. The molecule has 8 aromatic carbocycles. The summed E-state index contributed by atoms with van der Waals surface area (Å²) >= 11 is 0. The van der Waals surface area contributed by atoms with E-state index >= 15 is 0 Å². The van der Waals surface area contributed by atoms with Crippen LogP contribution in [-0.4, -0.2) is 0 Å². The van der Waals surface area contributed by atoms with Gasteiger partial charge in [0.1, 0.15) is 0 Å². The molecular weight excluding hydrogens is 865 g/mol. The van der Waals surface area contributed by atoms with Gasteiger partial charge in [-0.15, -0.1) is 0 Å². The Kier molecular flexibility index (Phi) is 10.3. The van der Waals surface area contributed by atoms with Gasteiger partial charge in [0, 0.05) is 16.7 Å². The summed E-state index contributed by atoms with van der Waals surface area (Å²) in [6.45, 7) is 16.5. The average molecular weight is 929 g/mol. The van der Waals surface area contributed by atoms with Gasteiger partial charge in [-0.3, -0.25) is 0 Å². The molecule has 0 heterocycles. The van der Waals surface area contributed by atoms with Crippen molar-refractivity contribution < 1.29 is 0 Å². The van der Waals surface area contributed by atoms with Crippen molar-refractivity contribution in [1.29, 1.82) is 0 Å². The number of allylic oxidation sites excluding steroid dienone is 7. The van der Waals surface area contributed by atoms with Gasteiger partial charge in [-0.25, -0.2) is 0 Å². The van der Waals surface area contributed by atoms with Crippen LogP contribution in [0, 0.1) is 5.41 Å². The molecule has 0 bridgehead atoms. The predicted octanol–water partition coefficient (Wildman–Crippen LogP) is 19.7. The van der Waals surface area contributed by atoms with Gasteiger partial charge in [-0.2, -0.15) is 0 Å². The van der Waals surface area contributed by atoms with Crippen molar-refractivity contribution in [3.63, 3.8) is 0 Å². The Morgan fingerprint density at radius 2 is 0.819 bits per heavy atom. The van der Waals surface area contributed by atoms with E-state index in [1.54, 1.807) is 0 Å². The third kappa shape index (κ3) is 6.64. The van der Waals surface area contributed by atoms with E-state index in [1.165, 1.54) is 134 Å². The van der Waals surface area contributed by atoms with Crippen LogP contribution in [0.25, 0.3) is 84.0 Å². The van der Waals surface area contributed by atoms with Crippen LogP contribution in [0.1, 0.15) is 119 Å². The van der Waals surface area contributed by atoms with Gasteiger partial charge >= 0.3 is 0 Å².